The molecule has 1 aromatic carbocycles. The van der Waals surface area contributed by atoms with Crippen LogP contribution in [0.25, 0.3) is 5.70 Å². The van der Waals surface area contributed by atoms with Gasteiger partial charge in [0.15, 0.2) is 0 Å². The van der Waals surface area contributed by atoms with E-state index in [-0.39, 0.29) is 6.03 Å². The van der Waals surface area contributed by atoms with Gasteiger partial charge < -0.3 is 4.90 Å². The first-order valence-corrected chi connectivity index (χ1v) is 6.52. The van der Waals surface area contributed by atoms with Crippen molar-refractivity contribution in [3.05, 3.63) is 42.0 Å². The standard InChI is InChI=1S/C15H20N2O/c1-3-4-11-17-14(10-12-16(2)15(17)18)13-8-6-5-7-9-13/h5-10H,3-4,11-12H2,1-2H3. The van der Waals surface area contributed by atoms with Crippen molar-refractivity contribution >= 4 is 11.7 Å². The third-order valence-corrected chi connectivity index (χ3v) is 3.21. The summed E-state index contributed by atoms with van der Waals surface area (Å²) < 4.78 is 0. The van der Waals surface area contributed by atoms with E-state index < -0.39 is 0 Å². The Balaban J connectivity index is 2.28. The molecule has 0 aromatic heterocycles. The maximum atomic E-state index is 12.2. The van der Waals surface area contributed by atoms with Crippen molar-refractivity contribution in [1.29, 1.82) is 0 Å². The Kier molecular flexibility index (Phi) is 4.03. The number of rotatable bonds is 4. The van der Waals surface area contributed by atoms with E-state index in [9.17, 15) is 4.79 Å². The molecule has 1 aliphatic rings. The quantitative estimate of drug-likeness (QED) is 0.798. The Hall–Kier alpha value is -1.77. The smallest absolute Gasteiger partial charge is 0.324 e. The zero-order valence-corrected chi connectivity index (χ0v) is 11.1. The lowest BCUT2D eigenvalue weighted by Gasteiger charge is -2.34. The molecule has 0 aliphatic carbocycles. The summed E-state index contributed by atoms with van der Waals surface area (Å²) in [6.07, 6.45) is 4.26. The second kappa shape index (κ2) is 5.71. The molecule has 1 aromatic rings. The van der Waals surface area contributed by atoms with Crippen molar-refractivity contribution in [2.24, 2.45) is 0 Å². The number of carbonyl (C=O) groups is 1. The van der Waals surface area contributed by atoms with Crippen molar-refractivity contribution in [1.82, 2.24) is 9.80 Å². The van der Waals surface area contributed by atoms with Crippen molar-refractivity contribution < 1.29 is 4.79 Å². The van der Waals surface area contributed by atoms with Crippen LogP contribution in [0.1, 0.15) is 25.3 Å². The molecule has 0 saturated carbocycles. The minimum Gasteiger partial charge on any atom is -0.324 e. The predicted molar refractivity (Wildman–Crippen MR) is 74.1 cm³/mol. The van der Waals surface area contributed by atoms with Gasteiger partial charge in [-0.3, -0.25) is 4.90 Å². The molecule has 0 fully saturated rings. The van der Waals surface area contributed by atoms with Gasteiger partial charge in [-0.2, -0.15) is 0 Å². The van der Waals surface area contributed by atoms with Crippen LogP contribution >= 0.6 is 0 Å². The average molecular weight is 244 g/mol. The van der Waals surface area contributed by atoms with Crippen LogP contribution in [-0.4, -0.2) is 36.0 Å². The zero-order valence-electron chi connectivity index (χ0n) is 11.1. The van der Waals surface area contributed by atoms with Crippen molar-refractivity contribution in [2.45, 2.75) is 19.8 Å². The first-order valence-electron chi connectivity index (χ1n) is 6.52. The van der Waals surface area contributed by atoms with Crippen LogP contribution in [0, 0.1) is 0 Å². The lowest BCUT2D eigenvalue weighted by molar-refractivity contribution is 0.182. The summed E-state index contributed by atoms with van der Waals surface area (Å²) in [7, 11) is 1.85. The van der Waals surface area contributed by atoms with Crippen LogP contribution in [0.3, 0.4) is 0 Å². The summed E-state index contributed by atoms with van der Waals surface area (Å²) in [6.45, 7) is 3.62. The summed E-state index contributed by atoms with van der Waals surface area (Å²) in [4.78, 5) is 15.9. The molecule has 0 saturated heterocycles. The number of benzene rings is 1. The van der Waals surface area contributed by atoms with E-state index in [0.717, 1.165) is 30.6 Å². The van der Waals surface area contributed by atoms with E-state index in [0.29, 0.717) is 6.54 Å². The molecule has 0 radical (unpaired) electrons. The number of urea groups is 1. The van der Waals surface area contributed by atoms with Gasteiger partial charge in [0.1, 0.15) is 0 Å². The lowest BCUT2D eigenvalue weighted by Crippen LogP contribution is -2.44. The van der Waals surface area contributed by atoms with Gasteiger partial charge in [-0.1, -0.05) is 43.7 Å². The minimum absolute atomic E-state index is 0.102. The molecule has 3 nitrogen and oxygen atoms in total. The molecule has 96 valence electrons. The lowest BCUT2D eigenvalue weighted by atomic mass is 10.1. The highest BCUT2D eigenvalue weighted by Crippen LogP contribution is 2.24. The molecular weight excluding hydrogens is 224 g/mol. The van der Waals surface area contributed by atoms with Crippen molar-refractivity contribution in [3.63, 3.8) is 0 Å². The van der Waals surface area contributed by atoms with E-state index in [2.05, 4.69) is 25.1 Å². The maximum Gasteiger partial charge on any atom is 0.324 e. The van der Waals surface area contributed by atoms with Crippen LogP contribution in [0.4, 0.5) is 4.79 Å². The van der Waals surface area contributed by atoms with Gasteiger partial charge in [0.2, 0.25) is 0 Å². The first kappa shape index (κ1) is 12.7. The summed E-state index contributed by atoms with van der Waals surface area (Å²) in [6, 6.07) is 10.2. The fourth-order valence-electron chi connectivity index (χ4n) is 2.14. The average Bonchev–Trinajstić information content (AvgIpc) is 2.41. The molecule has 0 spiro atoms. The second-order valence-corrected chi connectivity index (χ2v) is 4.62. The minimum atomic E-state index is 0.102. The topological polar surface area (TPSA) is 23.6 Å². The van der Waals surface area contributed by atoms with Gasteiger partial charge in [0, 0.05) is 20.1 Å². The van der Waals surface area contributed by atoms with E-state index in [4.69, 9.17) is 0 Å². The number of amides is 2. The third-order valence-electron chi connectivity index (χ3n) is 3.21. The summed E-state index contributed by atoms with van der Waals surface area (Å²) >= 11 is 0. The second-order valence-electron chi connectivity index (χ2n) is 4.62. The number of likely N-dealkylation sites (N-methyl/N-ethyl adjacent to an activating group) is 1. The van der Waals surface area contributed by atoms with Crippen LogP contribution in [-0.2, 0) is 0 Å². The van der Waals surface area contributed by atoms with Crippen LogP contribution < -0.4 is 0 Å². The normalized spacial score (nSPS) is 15.9. The highest BCUT2D eigenvalue weighted by molar-refractivity contribution is 5.87. The van der Waals surface area contributed by atoms with Gasteiger partial charge >= 0.3 is 6.03 Å². The number of carbonyl (C=O) groups excluding carboxylic acids is 1. The molecule has 2 amide bonds. The Morgan fingerprint density at radius 1 is 1.22 bits per heavy atom. The molecule has 1 heterocycles. The monoisotopic (exact) mass is 244 g/mol. The largest absolute Gasteiger partial charge is 0.324 e. The highest BCUT2D eigenvalue weighted by Gasteiger charge is 2.25. The van der Waals surface area contributed by atoms with Gasteiger partial charge in [0.25, 0.3) is 0 Å². The van der Waals surface area contributed by atoms with Crippen LogP contribution in [0.15, 0.2) is 36.4 Å². The van der Waals surface area contributed by atoms with Gasteiger partial charge in [-0.25, -0.2) is 4.79 Å². The SMILES string of the molecule is CCCCN1C(=O)N(C)CC=C1c1ccccc1. The summed E-state index contributed by atoms with van der Waals surface area (Å²) in [5.41, 5.74) is 2.17. The van der Waals surface area contributed by atoms with Crippen LogP contribution in [0.2, 0.25) is 0 Å². The van der Waals surface area contributed by atoms with Crippen molar-refractivity contribution in [2.75, 3.05) is 20.1 Å². The molecule has 18 heavy (non-hydrogen) atoms. The Morgan fingerprint density at radius 3 is 2.61 bits per heavy atom. The van der Waals surface area contributed by atoms with Gasteiger partial charge in [-0.15, -0.1) is 0 Å². The van der Waals surface area contributed by atoms with E-state index in [1.807, 2.05) is 30.1 Å². The molecule has 0 unspecified atom stereocenters. The fraction of sp³-hybridized carbons (Fsp3) is 0.400. The summed E-state index contributed by atoms with van der Waals surface area (Å²) in [5.74, 6) is 0. The Bertz CT molecular complexity index is 439. The number of nitrogens with zero attached hydrogens (tertiary/aromatic N) is 2. The molecule has 1 aliphatic heterocycles. The predicted octanol–water partition coefficient (Wildman–Crippen LogP) is 3.20. The van der Waals surface area contributed by atoms with E-state index in [1.54, 1.807) is 4.90 Å². The number of hydrogen-bond donors (Lipinski definition) is 0. The van der Waals surface area contributed by atoms with Gasteiger partial charge in [0.05, 0.1) is 5.70 Å². The maximum absolute atomic E-state index is 12.2. The molecule has 0 bridgehead atoms. The van der Waals surface area contributed by atoms with E-state index >= 15 is 0 Å². The Morgan fingerprint density at radius 2 is 1.94 bits per heavy atom. The third kappa shape index (κ3) is 2.55. The molecule has 0 N–H and O–H groups in total. The highest BCUT2D eigenvalue weighted by atomic mass is 16.2. The Labute approximate surface area is 109 Å². The number of hydrogen-bond acceptors (Lipinski definition) is 1. The van der Waals surface area contributed by atoms with Crippen LogP contribution in [0.5, 0.6) is 0 Å². The fourth-order valence-corrected chi connectivity index (χ4v) is 2.14. The molecular formula is C15H20N2O. The first-order chi connectivity index (χ1) is 8.74. The molecule has 2 rings (SSSR count). The number of unbranched alkanes of at least 4 members (excludes halogenated alkanes) is 1. The molecule has 3 heteroatoms. The zero-order chi connectivity index (χ0) is 13.0. The van der Waals surface area contributed by atoms with Crippen molar-refractivity contribution in [3.8, 4) is 0 Å². The van der Waals surface area contributed by atoms with E-state index in [1.165, 1.54) is 0 Å². The van der Waals surface area contributed by atoms with Gasteiger partial charge in [-0.05, 0) is 18.1 Å². The summed E-state index contributed by atoms with van der Waals surface area (Å²) in [5, 5.41) is 0. The molecule has 0 atom stereocenters.